The lowest BCUT2D eigenvalue weighted by molar-refractivity contribution is 0.0950. The minimum atomic E-state index is -3.82. The zero-order valence-corrected chi connectivity index (χ0v) is 21.1. The van der Waals surface area contributed by atoms with Gasteiger partial charge in [-0.25, -0.2) is 13.1 Å². The number of hydrogen-bond acceptors (Lipinski definition) is 5. The van der Waals surface area contributed by atoms with Crippen LogP contribution in [0, 0.1) is 0 Å². The molecule has 4 rings (SSSR count). The van der Waals surface area contributed by atoms with Crippen LogP contribution < -0.4 is 19.7 Å². The molecule has 0 radical (unpaired) electrons. The highest BCUT2D eigenvalue weighted by Crippen LogP contribution is 2.29. The van der Waals surface area contributed by atoms with E-state index in [-0.39, 0.29) is 28.2 Å². The molecule has 3 aromatic carbocycles. The van der Waals surface area contributed by atoms with Crippen molar-refractivity contribution in [2.45, 2.75) is 44.3 Å². The first-order valence-corrected chi connectivity index (χ1v) is 13.1. The molecule has 0 atom stereocenters. The molecule has 0 unspecified atom stereocenters. The molecule has 1 amide bonds. The molecule has 0 spiro atoms. The van der Waals surface area contributed by atoms with Crippen LogP contribution in [0.2, 0.25) is 0 Å². The summed E-state index contributed by atoms with van der Waals surface area (Å²) in [6, 6.07) is 20.8. The summed E-state index contributed by atoms with van der Waals surface area (Å²) in [4.78, 5) is 15.1. The van der Waals surface area contributed by atoms with Crippen LogP contribution in [0.3, 0.4) is 0 Å². The van der Waals surface area contributed by atoms with Crippen LogP contribution in [-0.4, -0.2) is 34.0 Å². The number of rotatable bonds is 9. The van der Waals surface area contributed by atoms with Crippen LogP contribution in [0.5, 0.6) is 5.75 Å². The minimum absolute atomic E-state index is 0.0609. The van der Waals surface area contributed by atoms with E-state index in [2.05, 4.69) is 51.3 Å². The smallest absolute Gasteiger partial charge is 0.251 e. The van der Waals surface area contributed by atoms with Crippen molar-refractivity contribution < 1.29 is 17.9 Å². The summed E-state index contributed by atoms with van der Waals surface area (Å²) in [7, 11) is -2.42. The number of methoxy groups -OCH3 is 1. The third-order valence-corrected chi connectivity index (χ3v) is 7.62. The molecule has 8 heteroatoms. The molecule has 0 bridgehead atoms. The fourth-order valence-corrected chi connectivity index (χ4v) is 5.69. The first kappa shape index (κ1) is 24.8. The van der Waals surface area contributed by atoms with E-state index in [0.29, 0.717) is 6.54 Å². The molecule has 0 aromatic heterocycles. The van der Waals surface area contributed by atoms with Crippen molar-refractivity contribution >= 4 is 21.6 Å². The molecule has 0 aliphatic carbocycles. The number of carbonyl (C=O) groups excluding carboxylic acids is 1. The highest BCUT2D eigenvalue weighted by atomic mass is 32.2. The van der Waals surface area contributed by atoms with Gasteiger partial charge < -0.3 is 15.0 Å². The lowest BCUT2D eigenvalue weighted by atomic mass is 10.1. The summed E-state index contributed by atoms with van der Waals surface area (Å²) in [5.41, 5.74) is 5.11. The second-order valence-corrected chi connectivity index (χ2v) is 10.6. The van der Waals surface area contributed by atoms with Gasteiger partial charge in [0.2, 0.25) is 10.0 Å². The summed E-state index contributed by atoms with van der Waals surface area (Å²) in [5, 5.41) is 2.87. The van der Waals surface area contributed by atoms with Gasteiger partial charge in [0.25, 0.3) is 5.91 Å². The maximum atomic E-state index is 12.8. The Morgan fingerprint density at radius 3 is 2.46 bits per heavy atom. The third-order valence-electron chi connectivity index (χ3n) is 5.94. The van der Waals surface area contributed by atoms with Crippen molar-refractivity contribution in [3.8, 4) is 5.75 Å². The summed E-state index contributed by atoms with van der Waals surface area (Å²) < 4.78 is 33.1. The van der Waals surface area contributed by atoms with E-state index < -0.39 is 10.0 Å². The Hall–Kier alpha value is -3.36. The van der Waals surface area contributed by atoms with Crippen LogP contribution in [0.1, 0.15) is 40.9 Å². The first-order valence-electron chi connectivity index (χ1n) is 11.7. The van der Waals surface area contributed by atoms with E-state index in [1.165, 1.54) is 36.1 Å². The largest absolute Gasteiger partial charge is 0.495 e. The van der Waals surface area contributed by atoms with E-state index in [1.54, 1.807) is 19.9 Å². The number of hydrogen-bond donors (Lipinski definition) is 2. The number of ether oxygens (including phenoxy) is 1. The van der Waals surface area contributed by atoms with E-state index >= 15 is 0 Å². The number of anilines is 1. The molecule has 1 aliphatic rings. The van der Waals surface area contributed by atoms with Gasteiger partial charge in [-0.15, -0.1) is 0 Å². The summed E-state index contributed by atoms with van der Waals surface area (Å²) >= 11 is 0. The molecule has 0 fully saturated rings. The Morgan fingerprint density at radius 1 is 1.03 bits per heavy atom. The van der Waals surface area contributed by atoms with Crippen LogP contribution in [0.25, 0.3) is 0 Å². The topological polar surface area (TPSA) is 87.7 Å². The fourth-order valence-electron chi connectivity index (χ4n) is 4.24. The number of carbonyl (C=O) groups is 1. The average molecular weight is 494 g/mol. The van der Waals surface area contributed by atoms with Crippen LogP contribution in [0.15, 0.2) is 71.6 Å². The molecule has 2 N–H and O–H groups in total. The van der Waals surface area contributed by atoms with E-state index in [0.717, 1.165) is 25.1 Å². The van der Waals surface area contributed by atoms with Crippen LogP contribution in [0.4, 0.5) is 5.69 Å². The molecular weight excluding hydrogens is 462 g/mol. The van der Waals surface area contributed by atoms with Gasteiger partial charge in [0, 0.05) is 36.9 Å². The van der Waals surface area contributed by atoms with Gasteiger partial charge in [0.1, 0.15) is 10.6 Å². The van der Waals surface area contributed by atoms with E-state index in [1.807, 2.05) is 12.1 Å². The van der Waals surface area contributed by atoms with Gasteiger partial charge in [0.15, 0.2) is 0 Å². The van der Waals surface area contributed by atoms with Crippen molar-refractivity contribution in [3.63, 3.8) is 0 Å². The quantitative estimate of drug-likeness (QED) is 0.473. The van der Waals surface area contributed by atoms with Crippen molar-refractivity contribution in [1.82, 2.24) is 10.0 Å². The maximum absolute atomic E-state index is 12.8. The second-order valence-electron chi connectivity index (χ2n) is 8.94. The zero-order chi connectivity index (χ0) is 25.0. The SMILES string of the molecule is COc1ccc(C(=O)NCc2ccc(CN3CCc4ccccc43)cc2)cc1S(=O)(=O)NC(C)C. The van der Waals surface area contributed by atoms with Crippen molar-refractivity contribution in [3.05, 3.63) is 89.0 Å². The lowest BCUT2D eigenvalue weighted by Crippen LogP contribution is -2.31. The van der Waals surface area contributed by atoms with Gasteiger partial charge >= 0.3 is 0 Å². The standard InChI is InChI=1S/C27H31N3O4S/c1-19(2)29-35(32,33)26-16-23(12-13-25(26)34-3)27(31)28-17-20-8-10-21(11-9-20)18-30-15-14-22-6-4-5-7-24(22)30/h4-13,16,19,29H,14-15,17-18H2,1-3H3,(H,28,31). The number of nitrogens with one attached hydrogen (secondary N) is 2. The molecule has 7 nitrogen and oxygen atoms in total. The second kappa shape index (κ2) is 10.5. The van der Waals surface area contributed by atoms with E-state index in [9.17, 15) is 13.2 Å². The molecule has 3 aromatic rings. The summed E-state index contributed by atoms with van der Waals surface area (Å²) in [6.45, 7) is 5.66. The number of para-hydroxylation sites is 1. The molecule has 184 valence electrons. The molecule has 1 heterocycles. The first-order chi connectivity index (χ1) is 16.8. The Morgan fingerprint density at radius 2 is 1.74 bits per heavy atom. The maximum Gasteiger partial charge on any atom is 0.251 e. The van der Waals surface area contributed by atoms with E-state index in [4.69, 9.17) is 4.74 Å². The predicted molar refractivity (Wildman–Crippen MR) is 137 cm³/mol. The Kier molecular flexibility index (Phi) is 7.42. The van der Waals surface area contributed by atoms with Crippen molar-refractivity contribution in [2.24, 2.45) is 0 Å². The van der Waals surface area contributed by atoms with Gasteiger partial charge in [0.05, 0.1) is 7.11 Å². The van der Waals surface area contributed by atoms with Gasteiger partial charge in [-0.3, -0.25) is 4.79 Å². The normalized spacial score (nSPS) is 13.1. The fraction of sp³-hybridized carbons (Fsp3) is 0.296. The monoisotopic (exact) mass is 493 g/mol. The van der Waals surface area contributed by atoms with Crippen LogP contribution >= 0.6 is 0 Å². The number of nitrogens with zero attached hydrogens (tertiary/aromatic N) is 1. The average Bonchev–Trinajstić information content (AvgIpc) is 3.25. The summed E-state index contributed by atoms with van der Waals surface area (Å²) in [6.07, 6.45) is 1.07. The number of sulfonamides is 1. The summed E-state index contributed by atoms with van der Waals surface area (Å²) in [5.74, 6) is -0.169. The highest BCUT2D eigenvalue weighted by molar-refractivity contribution is 7.89. The highest BCUT2D eigenvalue weighted by Gasteiger charge is 2.22. The molecule has 35 heavy (non-hydrogen) atoms. The lowest BCUT2D eigenvalue weighted by Gasteiger charge is -2.19. The Bertz CT molecular complexity index is 1300. The Balaban J connectivity index is 1.39. The number of benzene rings is 3. The molecule has 0 saturated carbocycles. The predicted octanol–water partition coefficient (Wildman–Crippen LogP) is 3.87. The zero-order valence-electron chi connectivity index (χ0n) is 20.2. The molecular formula is C27H31N3O4S. The number of fused-ring (bicyclic) bond motifs is 1. The van der Waals surface area contributed by atoms with Gasteiger partial charge in [-0.2, -0.15) is 0 Å². The molecule has 0 saturated heterocycles. The number of amides is 1. The van der Waals surface area contributed by atoms with Gasteiger partial charge in [-0.05, 0) is 61.2 Å². The van der Waals surface area contributed by atoms with Crippen molar-refractivity contribution in [2.75, 3.05) is 18.6 Å². The van der Waals surface area contributed by atoms with Gasteiger partial charge in [-0.1, -0.05) is 42.5 Å². The third kappa shape index (κ3) is 5.83. The van der Waals surface area contributed by atoms with Crippen LogP contribution in [-0.2, 0) is 29.5 Å². The molecule has 1 aliphatic heterocycles. The Labute approximate surface area is 207 Å². The minimum Gasteiger partial charge on any atom is -0.495 e. The van der Waals surface area contributed by atoms with Crippen molar-refractivity contribution in [1.29, 1.82) is 0 Å².